The van der Waals surface area contributed by atoms with Crippen LogP contribution in [0, 0.1) is 12.8 Å². The number of aromatic nitrogens is 1. The molecule has 2 N–H and O–H groups in total. The molecule has 0 aliphatic carbocycles. The molecule has 24 heavy (non-hydrogen) atoms. The number of benzene rings is 1. The van der Waals surface area contributed by atoms with Crippen LogP contribution in [0.15, 0.2) is 42.5 Å². The lowest BCUT2D eigenvalue weighted by Crippen LogP contribution is -2.33. The van der Waals surface area contributed by atoms with Crippen molar-refractivity contribution in [2.45, 2.75) is 33.2 Å². The van der Waals surface area contributed by atoms with Gasteiger partial charge in [0, 0.05) is 5.69 Å². The highest BCUT2D eigenvalue weighted by Gasteiger charge is 2.15. The van der Waals surface area contributed by atoms with E-state index in [2.05, 4.69) is 41.6 Å². The standard InChI is InChI=1S/C19H25N3OS/c1-13(2)12-17(15-8-10-16(23-4)11-9-15)21-19(24)22-18-7-5-6-14(3)20-18/h5-11,13,17H,12H2,1-4H3,(H2,20,21,22,24). The molecule has 0 aliphatic rings. The highest BCUT2D eigenvalue weighted by Crippen LogP contribution is 2.23. The van der Waals surface area contributed by atoms with Gasteiger partial charge in [0.15, 0.2) is 5.11 Å². The molecule has 1 heterocycles. The Bertz CT molecular complexity index is 671. The molecule has 2 aromatic rings. The first kappa shape index (κ1) is 18.2. The van der Waals surface area contributed by atoms with Crippen LogP contribution in [-0.4, -0.2) is 17.2 Å². The number of anilines is 1. The van der Waals surface area contributed by atoms with Crippen molar-refractivity contribution in [3.8, 4) is 5.75 Å². The second-order valence-corrected chi connectivity index (χ2v) is 6.63. The minimum Gasteiger partial charge on any atom is -0.497 e. The van der Waals surface area contributed by atoms with Crippen molar-refractivity contribution < 1.29 is 4.74 Å². The molecular formula is C19H25N3OS. The van der Waals surface area contributed by atoms with Crippen LogP contribution in [0.1, 0.15) is 37.6 Å². The van der Waals surface area contributed by atoms with Crippen molar-refractivity contribution in [2.75, 3.05) is 12.4 Å². The number of methoxy groups -OCH3 is 1. The van der Waals surface area contributed by atoms with Crippen molar-refractivity contribution in [1.29, 1.82) is 0 Å². The van der Waals surface area contributed by atoms with Gasteiger partial charge in [-0.25, -0.2) is 4.98 Å². The summed E-state index contributed by atoms with van der Waals surface area (Å²) in [4.78, 5) is 4.42. The molecule has 0 bridgehead atoms. The Balaban J connectivity index is 2.08. The molecule has 0 radical (unpaired) electrons. The van der Waals surface area contributed by atoms with Crippen LogP contribution in [0.25, 0.3) is 0 Å². The third-order valence-corrected chi connectivity index (χ3v) is 3.88. The maximum atomic E-state index is 5.47. The minimum absolute atomic E-state index is 0.140. The summed E-state index contributed by atoms with van der Waals surface area (Å²) in [7, 11) is 1.67. The van der Waals surface area contributed by atoms with E-state index in [4.69, 9.17) is 17.0 Å². The Kier molecular flexibility index (Phi) is 6.55. The van der Waals surface area contributed by atoms with Gasteiger partial charge in [-0.3, -0.25) is 0 Å². The summed E-state index contributed by atoms with van der Waals surface area (Å²) in [5.41, 5.74) is 2.14. The van der Waals surface area contributed by atoms with Gasteiger partial charge in [-0.1, -0.05) is 32.0 Å². The van der Waals surface area contributed by atoms with Crippen LogP contribution in [0.4, 0.5) is 5.82 Å². The summed E-state index contributed by atoms with van der Waals surface area (Å²) >= 11 is 5.47. The average Bonchev–Trinajstić information content (AvgIpc) is 2.54. The van der Waals surface area contributed by atoms with Gasteiger partial charge in [-0.2, -0.15) is 0 Å². The predicted molar refractivity (Wildman–Crippen MR) is 104 cm³/mol. The molecule has 0 fully saturated rings. The second kappa shape index (κ2) is 8.64. The summed E-state index contributed by atoms with van der Waals surface area (Å²) in [5.74, 6) is 2.15. The average molecular weight is 343 g/mol. The zero-order chi connectivity index (χ0) is 17.5. The summed E-state index contributed by atoms with van der Waals surface area (Å²) in [6.07, 6.45) is 0.982. The van der Waals surface area contributed by atoms with E-state index < -0.39 is 0 Å². The Morgan fingerprint density at radius 1 is 1.17 bits per heavy atom. The van der Waals surface area contributed by atoms with Gasteiger partial charge in [0.2, 0.25) is 0 Å². The van der Waals surface area contributed by atoms with E-state index in [1.165, 1.54) is 5.56 Å². The number of thiocarbonyl (C=S) groups is 1. The fraction of sp³-hybridized carbons (Fsp3) is 0.368. The van der Waals surface area contributed by atoms with E-state index in [0.717, 1.165) is 23.7 Å². The minimum atomic E-state index is 0.140. The van der Waals surface area contributed by atoms with Crippen molar-refractivity contribution in [3.05, 3.63) is 53.7 Å². The number of hydrogen-bond donors (Lipinski definition) is 2. The quantitative estimate of drug-likeness (QED) is 0.758. The fourth-order valence-electron chi connectivity index (χ4n) is 2.51. The van der Waals surface area contributed by atoms with Crippen molar-refractivity contribution in [2.24, 2.45) is 5.92 Å². The lowest BCUT2D eigenvalue weighted by atomic mass is 9.97. The SMILES string of the molecule is COc1ccc(C(CC(C)C)NC(=S)Nc2cccc(C)n2)cc1. The number of nitrogens with zero attached hydrogens (tertiary/aromatic N) is 1. The molecule has 128 valence electrons. The molecule has 1 unspecified atom stereocenters. The Morgan fingerprint density at radius 2 is 1.88 bits per heavy atom. The predicted octanol–water partition coefficient (Wildman–Crippen LogP) is 4.47. The number of ether oxygens (including phenoxy) is 1. The third-order valence-electron chi connectivity index (χ3n) is 3.66. The molecule has 1 aromatic carbocycles. The highest BCUT2D eigenvalue weighted by atomic mass is 32.1. The number of nitrogens with one attached hydrogen (secondary N) is 2. The van der Waals surface area contributed by atoms with Gasteiger partial charge in [0.25, 0.3) is 0 Å². The number of aryl methyl sites for hydroxylation is 1. The zero-order valence-corrected chi connectivity index (χ0v) is 15.5. The molecule has 5 heteroatoms. The lowest BCUT2D eigenvalue weighted by molar-refractivity contribution is 0.414. The zero-order valence-electron chi connectivity index (χ0n) is 14.7. The Hall–Kier alpha value is -2.14. The molecule has 1 atom stereocenters. The normalized spacial score (nSPS) is 11.9. The summed E-state index contributed by atoms with van der Waals surface area (Å²) in [6.45, 7) is 6.37. The molecule has 0 saturated heterocycles. The van der Waals surface area contributed by atoms with Crippen LogP contribution >= 0.6 is 12.2 Å². The van der Waals surface area contributed by atoms with E-state index in [1.54, 1.807) is 7.11 Å². The first-order valence-corrected chi connectivity index (χ1v) is 8.54. The second-order valence-electron chi connectivity index (χ2n) is 6.22. The van der Waals surface area contributed by atoms with Gasteiger partial charge < -0.3 is 15.4 Å². The van der Waals surface area contributed by atoms with E-state index >= 15 is 0 Å². The molecule has 2 rings (SSSR count). The van der Waals surface area contributed by atoms with Gasteiger partial charge >= 0.3 is 0 Å². The van der Waals surface area contributed by atoms with E-state index in [-0.39, 0.29) is 6.04 Å². The van der Waals surface area contributed by atoms with Crippen molar-refractivity contribution in [1.82, 2.24) is 10.3 Å². The molecule has 0 spiro atoms. The summed E-state index contributed by atoms with van der Waals surface area (Å²) < 4.78 is 5.23. The Morgan fingerprint density at radius 3 is 2.46 bits per heavy atom. The molecule has 0 amide bonds. The number of hydrogen-bond acceptors (Lipinski definition) is 3. The van der Waals surface area contributed by atoms with E-state index in [0.29, 0.717) is 11.0 Å². The maximum Gasteiger partial charge on any atom is 0.172 e. The fourth-order valence-corrected chi connectivity index (χ4v) is 2.76. The van der Waals surface area contributed by atoms with Crippen molar-refractivity contribution >= 4 is 23.1 Å². The molecular weight excluding hydrogens is 318 g/mol. The molecule has 1 aromatic heterocycles. The monoisotopic (exact) mass is 343 g/mol. The van der Waals surface area contributed by atoms with Gasteiger partial charge in [0.05, 0.1) is 13.2 Å². The molecule has 0 saturated carbocycles. The highest BCUT2D eigenvalue weighted by molar-refractivity contribution is 7.80. The van der Waals surface area contributed by atoms with Crippen molar-refractivity contribution in [3.63, 3.8) is 0 Å². The van der Waals surface area contributed by atoms with Crippen LogP contribution in [0.3, 0.4) is 0 Å². The lowest BCUT2D eigenvalue weighted by Gasteiger charge is -2.23. The number of rotatable bonds is 6. The molecule has 4 nitrogen and oxygen atoms in total. The topological polar surface area (TPSA) is 46.2 Å². The smallest absolute Gasteiger partial charge is 0.172 e. The van der Waals surface area contributed by atoms with E-state index in [9.17, 15) is 0 Å². The van der Waals surface area contributed by atoms with Crippen LogP contribution in [-0.2, 0) is 0 Å². The van der Waals surface area contributed by atoms with Gasteiger partial charge in [-0.05, 0) is 61.3 Å². The number of pyridine rings is 1. The van der Waals surface area contributed by atoms with Crippen LogP contribution in [0.2, 0.25) is 0 Å². The molecule has 0 aliphatic heterocycles. The van der Waals surface area contributed by atoms with Crippen LogP contribution < -0.4 is 15.4 Å². The first-order valence-electron chi connectivity index (χ1n) is 8.13. The van der Waals surface area contributed by atoms with Crippen LogP contribution in [0.5, 0.6) is 5.75 Å². The largest absolute Gasteiger partial charge is 0.497 e. The first-order chi connectivity index (χ1) is 11.5. The van der Waals surface area contributed by atoms with Gasteiger partial charge in [-0.15, -0.1) is 0 Å². The maximum absolute atomic E-state index is 5.47. The third kappa shape index (κ3) is 5.49. The Labute approximate surface area is 149 Å². The summed E-state index contributed by atoms with van der Waals surface area (Å²) in [6, 6.07) is 14.1. The van der Waals surface area contributed by atoms with E-state index in [1.807, 2.05) is 37.3 Å². The van der Waals surface area contributed by atoms with Gasteiger partial charge in [0.1, 0.15) is 11.6 Å². The summed E-state index contributed by atoms with van der Waals surface area (Å²) in [5, 5.41) is 7.15.